The van der Waals surface area contributed by atoms with Crippen molar-refractivity contribution in [3.63, 3.8) is 0 Å². The van der Waals surface area contributed by atoms with Crippen molar-refractivity contribution in [1.82, 2.24) is 15.3 Å². The van der Waals surface area contributed by atoms with Gasteiger partial charge in [0.2, 0.25) is 0 Å². The van der Waals surface area contributed by atoms with Gasteiger partial charge < -0.3 is 10.1 Å². The smallest absolute Gasteiger partial charge is 0.306 e. The topological polar surface area (TPSA) is 81.2 Å². The summed E-state index contributed by atoms with van der Waals surface area (Å²) < 4.78 is 5.11. The number of carbonyl (C=O) groups is 2. The molecule has 6 nitrogen and oxygen atoms in total. The molecule has 1 aromatic rings. The van der Waals surface area contributed by atoms with E-state index in [0.717, 1.165) is 6.42 Å². The number of ether oxygens (including phenoxy) is 1. The molecule has 0 radical (unpaired) electrons. The average molecular weight is 359 g/mol. The zero-order chi connectivity index (χ0) is 19.1. The molecule has 0 bridgehead atoms. The molecule has 0 aliphatic heterocycles. The Balaban J connectivity index is 2.03. The van der Waals surface area contributed by atoms with E-state index in [1.807, 2.05) is 6.92 Å². The van der Waals surface area contributed by atoms with Crippen LogP contribution in [-0.4, -0.2) is 35.0 Å². The van der Waals surface area contributed by atoms with E-state index in [0.29, 0.717) is 37.0 Å². The molecule has 1 heterocycles. The highest BCUT2D eigenvalue weighted by Crippen LogP contribution is 2.38. The summed E-state index contributed by atoms with van der Waals surface area (Å²) in [4.78, 5) is 31.9. The van der Waals surface area contributed by atoms with Crippen molar-refractivity contribution in [3.05, 3.63) is 35.9 Å². The zero-order valence-electron chi connectivity index (χ0n) is 16.1. The Kier molecular flexibility index (Phi) is 7.30. The Bertz CT molecular complexity index is 643. The largest absolute Gasteiger partial charge is 0.466 e. The number of nitrogens with one attached hydrogen (secondary N) is 1. The predicted octanol–water partition coefficient (Wildman–Crippen LogP) is 3.01. The number of aromatic nitrogens is 2. The molecule has 0 saturated heterocycles. The molecule has 1 aliphatic rings. The summed E-state index contributed by atoms with van der Waals surface area (Å²) in [5, 5.41) is 2.99. The first-order chi connectivity index (χ1) is 12.4. The van der Waals surface area contributed by atoms with Gasteiger partial charge in [-0.15, -0.1) is 0 Å². The van der Waals surface area contributed by atoms with Crippen molar-refractivity contribution in [1.29, 1.82) is 0 Å². The van der Waals surface area contributed by atoms with Crippen molar-refractivity contribution < 1.29 is 14.3 Å². The van der Waals surface area contributed by atoms with Gasteiger partial charge in [0.25, 0.3) is 5.91 Å². The molecular formula is C20H29N3O3. The second kappa shape index (κ2) is 9.46. The van der Waals surface area contributed by atoms with Gasteiger partial charge in [-0.3, -0.25) is 9.59 Å². The fraction of sp³-hybridized carbons (Fsp3) is 0.600. The molecule has 0 fully saturated rings. The molecule has 6 heteroatoms. The van der Waals surface area contributed by atoms with Gasteiger partial charge in [-0.05, 0) is 43.9 Å². The molecule has 0 saturated carbocycles. The lowest BCUT2D eigenvalue weighted by Gasteiger charge is -2.37. The Morgan fingerprint density at radius 2 is 2.00 bits per heavy atom. The van der Waals surface area contributed by atoms with Gasteiger partial charge in [0, 0.05) is 18.9 Å². The van der Waals surface area contributed by atoms with Gasteiger partial charge in [-0.2, -0.15) is 0 Å². The minimum atomic E-state index is -0.159. The standard InChI is InChI=1S/C20H29N3O3/c1-5-26-19(24)8-15-7-18(13(2)3)16(6-14(15)4)11-23-20(25)17-9-21-12-22-10-17/h6,9-10,12-13,15-16,18H,5,7-8,11H2,1-4H3,(H,23,25). The normalized spacial score (nSPS) is 22.7. The molecular weight excluding hydrogens is 330 g/mol. The van der Waals surface area contributed by atoms with E-state index in [-0.39, 0.29) is 23.7 Å². The lowest BCUT2D eigenvalue weighted by Crippen LogP contribution is -2.37. The van der Waals surface area contributed by atoms with Crippen LogP contribution < -0.4 is 5.32 Å². The first-order valence-corrected chi connectivity index (χ1v) is 9.29. The molecule has 26 heavy (non-hydrogen) atoms. The van der Waals surface area contributed by atoms with Crippen LogP contribution >= 0.6 is 0 Å². The number of esters is 1. The van der Waals surface area contributed by atoms with Crippen LogP contribution in [0.2, 0.25) is 0 Å². The van der Waals surface area contributed by atoms with Gasteiger partial charge in [0.05, 0.1) is 18.6 Å². The number of amides is 1. The maximum Gasteiger partial charge on any atom is 0.306 e. The lowest BCUT2D eigenvalue weighted by molar-refractivity contribution is -0.144. The van der Waals surface area contributed by atoms with Crippen molar-refractivity contribution in [2.45, 2.75) is 40.5 Å². The summed E-state index contributed by atoms with van der Waals surface area (Å²) >= 11 is 0. The first kappa shape index (κ1) is 20.1. The second-order valence-electron chi connectivity index (χ2n) is 7.26. The van der Waals surface area contributed by atoms with Gasteiger partial charge in [-0.1, -0.05) is 25.5 Å². The molecule has 142 valence electrons. The minimum Gasteiger partial charge on any atom is -0.466 e. The van der Waals surface area contributed by atoms with Crippen LogP contribution in [-0.2, 0) is 9.53 Å². The van der Waals surface area contributed by atoms with Crippen LogP contribution in [0.25, 0.3) is 0 Å². The van der Waals surface area contributed by atoms with Crippen LogP contribution in [0.3, 0.4) is 0 Å². The highest BCUT2D eigenvalue weighted by Gasteiger charge is 2.33. The SMILES string of the molecule is CCOC(=O)CC1CC(C(C)C)C(CNC(=O)c2cncnc2)C=C1C. The van der Waals surface area contributed by atoms with Gasteiger partial charge in [-0.25, -0.2) is 9.97 Å². The van der Waals surface area contributed by atoms with E-state index in [1.54, 1.807) is 0 Å². The fourth-order valence-electron chi connectivity index (χ4n) is 3.66. The number of carbonyl (C=O) groups excluding carboxylic acids is 2. The summed E-state index contributed by atoms with van der Waals surface area (Å²) in [6, 6.07) is 0. The molecule has 3 atom stereocenters. The molecule has 1 N–H and O–H groups in total. The number of hydrogen-bond acceptors (Lipinski definition) is 5. The summed E-state index contributed by atoms with van der Waals surface area (Å²) in [6.45, 7) is 9.27. The van der Waals surface area contributed by atoms with Crippen LogP contribution in [0.15, 0.2) is 30.4 Å². The van der Waals surface area contributed by atoms with Crippen molar-refractivity contribution in [2.24, 2.45) is 23.7 Å². The molecule has 3 unspecified atom stereocenters. The minimum absolute atomic E-state index is 0.136. The predicted molar refractivity (Wildman–Crippen MR) is 99.3 cm³/mol. The van der Waals surface area contributed by atoms with E-state index in [1.165, 1.54) is 24.3 Å². The Hall–Kier alpha value is -2.24. The third kappa shape index (κ3) is 5.38. The summed E-state index contributed by atoms with van der Waals surface area (Å²) in [5.41, 5.74) is 1.67. The van der Waals surface area contributed by atoms with E-state index in [4.69, 9.17) is 4.74 Å². The molecule has 1 aliphatic carbocycles. The van der Waals surface area contributed by atoms with Crippen LogP contribution in [0.1, 0.15) is 50.9 Å². The van der Waals surface area contributed by atoms with Crippen molar-refractivity contribution in [2.75, 3.05) is 13.2 Å². The van der Waals surface area contributed by atoms with Crippen LogP contribution in [0.4, 0.5) is 0 Å². The average Bonchev–Trinajstić information content (AvgIpc) is 2.62. The van der Waals surface area contributed by atoms with Crippen molar-refractivity contribution in [3.8, 4) is 0 Å². The van der Waals surface area contributed by atoms with E-state index < -0.39 is 0 Å². The number of nitrogens with zero attached hydrogens (tertiary/aromatic N) is 2. The summed E-state index contributed by atoms with van der Waals surface area (Å²) in [5.74, 6) is 1.05. The third-order valence-corrected chi connectivity index (χ3v) is 5.12. The monoisotopic (exact) mass is 359 g/mol. The Labute approximate surface area is 155 Å². The van der Waals surface area contributed by atoms with Crippen LogP contribution in [0.5, 0.6) is 0 Å². The number of hydrogen-bond donors (Lipinski definition) is 1. The maximum atomic E-state index is 12.3. The first-order valence-electron chi connectivity index (χ1n) is 9.29. The van der Waals surface area contributed by atoms with Gasteiger partial charge >= 0.3 is 5.97 Å². The maximum absolute atomic E-state index is 12.3. The molecule has 0 spiro atoms. The zero-order valence-corrected chi connectivity index (χ0v) is 16.1. The second-order valence-corrected chi connectivity index (χ2v) is 7.26. The molecule has 1 aromatic heterocycles. The van der Waals surface area contributed by atoms with Gasteiger partial charge in [0.1, 0.15) is 6.33 Å². The van der Waals surface area contributed by atoms with E-state index >= 15 is 0 Å². The Morgan fingerprint density at radius 1 is 1.31 bits per heavy atom. The lowest BCUT2D eigenvalue weighted by atomic mass is 9.70. The Morgan fingerprint density at radius 3 is 2.62 bits per heavy atom. The van der Waals surface area contributed by atoms with Crippen LogP contribution in [0, 0.1) is 23.7 Å². The van der Waals surface area contributed by atoms with E-state index in [2.05, 4.69) is 42.1 Å². The quantitative estimate of drug-likeness (QED) is 0.598. The fourth-order valence-corrected chi connectivity index (χ4v) is 3.66. The highest BCUT2D eigenvalue weighted by atomic mass is 16.5. The molecule has 0 aromatic carbocycles. The molecule has 1 amide bonds. The van der Waals surface area contributed by atoms with Gasteiger partial charge in [0.15, 0.2) is 0 Å². The number of allylic oxidation sites excluding steroid dienone is 1. The van der Waals surface area contributed by atoms with Crippen molar-refractivity contribution >= 4 is 11.9 Å². The highest BCUT2D eigenvalue weighted by molar-refractivity contribution is 5.93. The van der Waals surface area contributed by atoms with E-state index in [9.17, 15) is 9.59 Å². The molecule has 2 rings (SSSR count). The third-order valence-electron chi connectivity index (χ3n) is 5.12. The summed E-state index contributed by atoms with van der Waals surface area (Å²) in [7, 11) is 0. The summed E-state index contributed by atoms with van der Waals surface area (Å²) in [6.07, 6.45) is 8.02. The number of rotatable bonds is 7.